The average Bonchev–Trinajstić information content (AvgIpc) is 3.03. The lowest BCUT2D eigenvalue weighted by molar-refractivity contribution is -0.384. The third-order valence-corrected chi connectivity index (χ3v) is 5.18. The van der Waals surface area contributed by atoms with E-state index in [-0.39, 0.29) is 38.7 Å². The van der Waals surface area contributed by atoms with E-state index in [0.717, 1.165) is 6.07 Å². The third-order valence-electron chi connectivity index (χ3n) is 4.63. The van der Waals surface area contributed by atoms with Crippen LogP contribution in [0.25, 0.3) is 28.0 Å². The molecule has 0 aliphatic carbocycles. The highest BCUT2D eigenvalue weighted by Crippen LogP contribution is 2.40. The van der Waals surface area contributed by atoms with Crippen LogP contribution in [0.2, 0.25) is 10.0 Å². The Bertz CT molecular complexity index is 1340. The maximum Gasteiger partial charge on any atom is 0.417 e. The minimum absolute atomic E-state index is 0.00967. The summed E-state index contributed by atoms with van der Waals surface area (Å²) in [6, 6.07) is 10.6. The molecule has 0 aliphatic heterocycles. The number of aryl methyl sites for hydroxylation is 1. The Morgan fingerprint density at radius 1 is 1.06 bits per heavy atom. The maximum absolute atomic E-state index is 13.9. The number of halogens is 5. The second kappa shape index (κ2) is 7.51. The van der Waals surface area contributed by atoms with E-state index in [1.54, 1.807) is 0 Å². The summed E-state index contributed by atoms with van der Waals surface area (Å²) in [6.45, 7) is 1.44. The zero-order valence-corrected chi connectivity index (χ0v) is 17.1. The number of nitro benzene ring substituents is 1. The highest BCUT2D eigenvalue weighted by Gasteiger charge is 2.36. The van der Waals surface area contributed by atoms with Crippen molar-refractivity contribution in [3.8, 4) is 16.9 Å². The summed E-state index contributed by atoms with van der Waals surface area (Å²) in [4.78, 5) is 14.7. The lowest BCUT2D eigenvalue weighted by Gasteiger charge is -2.12. The van der Waals surface area contributed by atoms with E-state index in [1.807, 2.05) is 0 Å². The van der Waals surface area contributed by atoms with Gasteiger partial charge in [0, 0.05) is 22.7 Å². The zero-order chi connectivity index (χ0) is 22.5. The molecule has 2 aromatic carbocycles. The van der Waals surface area contributed by atoms with Crippen molar-refractivity contribution in [1.82, 2.24) is 14.8 Å². The van der Waals surface area contributed by atoms with Crippen LogP contribution in [0.15, 0.2) is 48.5 Å². The summed E-state index contributed by atoms with van der Waals surface area (Å²) in [5, 5.41) is 15.4. The van der Waals surface area contributed by atoms with Crippen molar-refractivity contribution < 1.29 is 18.1 Å². The van der Waals surface area contributed by atoms with Crippen LogP contribution in [0, 0.1) is 17.0 Å². The summed E-state index contributed by atoms with van der Waals surface area (Å²) in [7, 11) is 0. The lowest BCUT2D eigenvalue weighted by Crippen LogP contribution is -2.08. The van der Waals surface area contributed by atoms with E-state index < -0.39 is 16.7 Å². The van der Waals surface area contributed by atoms with E-state index in [9.17, 15) is 23.3 Å². The Kier molecular flexibility index (Phi) is 5.10. The SMILES string of the molecule is Cc1nn(-c2ccc([N+](=O)[O-])cc2)c2nc(-c3ccc(Cl)cc3Cl)cc(C(F)(F)F)c12. The van der Waals surface area contributed by atoms with Crippen LogP contribution in [0.3, 0.4) is 0 Å². The van der Waals surface area contributed by atoms with Gasteiger partial charge in [0.15, 0.2) is 5.65 Å². The van der Waals surface area contributed by atoms with Crippen LogP contribution < -0.4 is 0 Å². The average molecular weight is 467 g/mol. The molecule has 0 amide bonds. The third kappa shape index (κ3) is 3.82. The molecular formula is C20H11Cl2F3N4O2. The molecule has 0 spiro atoms. The quantitative estimate of drug-likeness (QED) is 0.251. The van der Waals surface area contributed by atoms with Crippen molar-refractivity contribution in [3.05, 3.63) is 79.9 Å². The fourth-order valence-electron chi connectivity index (χ4n) is 3.24. The zero-order valence-electron chi connectivity index (χ0n) is 15.6. The van der Waals surface area contributed by atoms with Gasteiger partial charge in [-0.05, 0) is 43.3 Å². The monoisotopic (exact) mass is 466 g/mol. The Balaban J connectivity index is 2.02. The molecular weight excluding hydrogens is 456 g/mol. The van der Waals surface area contributed by atoms with Crippen molar-refractivity contribution in [2.45, 2.75) is 13.1 Å². The summed E-state index contributed by atoms with van der Waals surface area (Å²) in [5.41, 5.74) is -0.427. The molecule has 0 bridgehead atoms. The van der Waals surface area contributed by atoms with Gasteiger partial charge in [0.1, 0.15) is 0 Å². The van der Waals surface area contributed by atoms with E-state index in [0.29, 0.717) is 10.7 Å². The number of non-ortho nitro benzene ring substituents is 1. The second-order valence-corrected chi connectivity index (χ2v) is 7.49. The van der Waals surface area contributed by atoms with Gasteiger partial charge in [0.05, 0.1) is 38.0 Å². The molecule has 0 unspecified atom stereocenters. The molecule has 0 saturated heterocycles. The highest BCUT2D eigenvalue weighted by atomic mass is 35.5. The van der Waals surface area contributed by atoms with Crippen molar-refractivity contribution in [1.29, 1.82) is 0 Å². The van der Waals surface area contributed by atoms with Crippen LogP contribution in [0.4, 0.5) is 18.9 Å². The normalized spacial score (nSPS) is 11.8. The van der Waals surface area contributed by atoms with Crippen molar-refractivity contribution in [2.75, 3.05) is 0 Å². The number of hydrogen-bond donors (Lipinski definition) is 0. The van der Waals surface area contributed by atoms with E-state index in [1.165, 1.54) is 54.1 Å². The van der Waals surface area contributed by atoms with Crippen LogP contribution in [0.5, 0.6) is 0 Å². The summed E-state index contributed by atoms with van der Waals surface area (Å²) in [6.07, 6.45) is -4.68. The van der Waals surface area contributed by atoms with Gasteiger partial charge in [0.25, 0.3) is 5.69 Å². The maximum atomic E-state index is 13.9. The van der Waals surface area contributed by atoms with Crippen LogP contribution in [-0.4, -0.2) is 19.7 Å². The van der Waals surface area contributed by atoms with Gasteiger partial charge in [-0.25, -0.2) is 9.67 Å². The molecule has 0 aliphatic rings. The fourth-order valence-corrected chi connectivity index (χ4v) is 3.75. The first-order chi connectivity index (χ1) is 14.6. The van der Waals surface area contributed by atoms with Crippen LogP contribution in [-0.2, 0) is 6.18 Å². The van der Waals surface area contributed by atoms with E-state index in [2.05, 4.69) is 10.1 Å². The number of nitro groups is 1. The second-order valence-electron chi connectivity index (χ2n) is 6.65. The van der Waals surface area contributed by atoms with Crippen LogP contribution in [0.1, 0.15) is 11.3 Å². The molecule has 2 aromatic heterocycles. The predicted molar refractivity (Wildman–Crippen MR) is 111 cm³/mol. The molecule has 0 fully saturated rings. The molecule has 6 nitrogen and oxygen atoms in total. The van der Waals surface area contributed by atoms with Crippen molar-refractivity contribution in [3.63, 3.8) is 0 Å². The lowest BCUT2D eigenvalue weighted by atomic mass is 10.1. The first kappa shape index (κ1) is 21.1. The van der Waals surface area contributed by atoms with Gasteiger partial charge >= 0.3 is 6.18 Å². The summed E-state index contributed by atoms with van der Waals surface area (Å²) >= 11 is 12.1. The van der Waals surface area contributed by atoms with Gasteiger partial charge < -0.3 is 0 Å². The molecule has 0 radical (unpaired) electrons. The molecule has 2 heterocycles. The molecule has 31 heavy (non-hydrogen) atoms. The molecule has 4 aromatic rings. The molecule has 0 N–H and O–H groups in total. The van der Waals surface area contributed by atoms with Gasteiger partial charge in [-0.2, -0.15) is 18.3 Å². The molecule has 4 rings (SSSR count). The summed E-state index contributed by atoms with van der Waals surface area (Å²) < 4.78 is 43.0. The number of hydrogen-bond acceptors (Lipinski definition) is 4. The number of alkyl halides is 3. The number of rotatable bonds is 3. The summed E-state index contributed by atoms with van der Waals surface area (Å²) in [5.74, 6) is 0. The molecule has 0 atom stereocenters. The fraction of sp³-hybridized carbons (Fsp3) is 0.100. The van der Waals surface area contributed by atoms with Crippen molar-refractivity contribution in [2.24, 2.45) is 0 Å². The molecule has 0 saturated carbocycles. The smallest absolute Gasteiger partial charge is 0.258 e. The Labute approximate surface area is 183 Å². The Morgan fingerprint density at radius 3 is 2.32 bits per heavy atom. The van der Waals surface area contributed by atoms with E-state index in [4.69, 9.17) is 23.2 Å². The minimum Gasteiger partial charge on any atom is -0.258 e. The van der Waals surface area contributed by atoms with Crippen molar-refractivity contribution >= 4 is 39.9 Å². The number of benzene rings is 2. The molecule has 158 valence electrons. The molecule has 11 heteroatoms. The van der Waals surface area contributed by atoms with E-state index >= 15 is 0 Å². The van der Waals surface area contributed by atoms with Gasteiger partial charge in [-0.3, -0.25) is 10.1 Å². The standard InChI is InChI=1S/C20H11Cl2F3N4O2/c1-10-18-15(20(23,24)25)9-17(14-7-2-11(21)8-16(14)22)26-19(18)28(27-10)12-3-5-13(6-4-12)29(30)31/h2-9H,1H3. The van der Waals surface area contributed by atoms with Gasteiger partial charge in [0.2, 0.25) is 0 Å². The first-order valence-corrected chi connectivity index (χ1v) is 9.49. The van der Waals surface area contributed by atoms with Gasteiger partial charge in [-0.15, -0.1) is 0 Å². The number of pyridine rings is 1. The van der Waals surface area contributed by atoms with Gasteiger partial charge in [-0.1, -0.05) is 23.2 Å². The largest absolute Gasteiger partial charge is 0.417 e. The first-order valence-electron chi connectivity index (χ1n) is 8.74. The topological polar surface area (TPSA) is 73.8 Å². The Morgan fingerprint density at radius 2 is 1.74 bits per heavy atom. The number of fused-ring (bicyclic) bond motifs is 1. The van der Waals surface area contributed by atoms with Crippen LogP contribution >= 0.6 is 23.2 Å². The highest BCUT2D eigenvalue weighted by molar-refractivity contribution is 6.36. The Hall–Kier alpha value is -3.17. The number of nitrogens with zero attached hydrogens (tertiary/aromatic N) is 4. The minimum atomic E-state index is -4.68. The predicted octanol–water partition coefficient (Wildman–Crippen LogP) is 6.63. The number of aromatic nitrogens is 3.